The van der Waals surface area contributed by atoms with E-state index < -0.39 is 37.3 Å². The Morgan fingerprint density at radius 1 is 0.727 bits per heavy atom. The molecule has 0 aromatic carbocycles. The summed E-state index contributed by atoms with van der Waals surface area (Å²) in [5.41, 5.74) is -2.03. The van der Waals surface area contributed by atoms with Gasteiger partial charge in [0.2, 0.25) is 0 Å². The average molecular weight is 328 g/mol. The molecule has 0 aromatic heterocycles. The van der Waals surface area contributed by atoms with Gasteiger partial charge >= 0.3 is 0 Å². The normalized spacial score (nSPS) is 17.9. The molecule has 1 rings (SSSR count). The number of epoxide rings is 1. The van der Waals surface area contributed by atoms with Crippen LogP contribution in [0.4, 0.5) is 0 Å². The molecule has 0 bridgehead atoms. The van der Waals surface area contributed by atoms with Gasteiger partial charge in [0.1, 0.15) is 6.10 Å². The van der Waals surface area contributed by atoms with Crippen molar-refractivity contribution in [1.29, 1.82) is 0 Å². The molecule has 22 heavy (non-hydrogen) atoms. The zero-order valence-corrected chi connectivity index (χ0v) is 12.6. The van der Waals surface area contributed by atoms with Gasteiger partial charge in [-0.25, -0.2) is 0 Å². The number of aliphatic hydroxyl groups excluding tert-OH is 7. The molecule has 0 amide bonds. The second-order valence-corrected chi connectivity index (χ2v) is 5.58. The zero-order valence-electron chi connectivity index (χ0n) is 12.6. The topological polar surface area (TPSA) is 163 Å². The first-order valence-corrected chi connectivity index (χ1v) is 6.96. The number of aliphatic hydroxyl groups is 7. The molecule has 0 aliphatic carbocycles. The van der Waals surface area contributed by atoms with Gasteiger partial charge in [0, 0.05) is 0 Å². The molecule has 7 N–H and O–H groups in total. The van der Waals surface area contributed by atoms with Gasteiger partial charge in [-0.2, -0.15) is 0 Å². The molecule has 1 aliphatic rings. The fraction of sp³-hybridized carbons (Fsp3) is 1.00. The van der Waals surface area contributed by atoms with E-state index in [1.54, 1.807) is 0 Å². The Kier molecular flexibility index (Phi) is 11.0. The Labute approximate surface area is 129 Å². The lowest BCUT2D eigenvalue weighted by Gasteiger charge is -2.26. The molecule has 1 saturated heterocycles. The van der Waals surface area contributed by atoms with Gasteiger partial charge in [0.05, 0.1) is 76.9 Å². The van der Waals surface area contributed by atoms with Crippen molar-refractivity contribution in [1.82, 2.24) is 0 Å². The maximum Gasteiger partial charge on any atom is 0.104 e. The number of rotatable bonds is 11. The molecule has 0 radical (unpaired) electrons. The summed E-state index contributed by atoms with van der Waals surface area (Å²) in [7, 11) is 0. The quantitative estimate of drug-likeness (QED) is 0.189. The second kappa shape index (κ2) is 11.2. The summed E-state index contributed by atoms with van der Waals surface area (Å²) in [6.45, 7) is -1.16. The smallest absolute Gasteiger partial charge is 0.104 e. The van der Waals surface area contributed by atoms with Gasteiger partial charge in [-0.05, 0) is 0 Å². The van der Waals surface area contributed by atoms with Crippen LogP contribution in [0.15, 0.2) is 0 Å². The summed E-state index contributed by atoms with van der Waals surface area (Å²) in [6.07, 6.45) is 0.161. The van der Waals surface area contributed by atoms with Crippen molar-refractivity contribution >= 4 is 0 Å². The summed E-state index contributed by atoms with van der Waals surface area (Å²) in [6, 6.07) is 0. The minimum atomic E-state index is -1.11. The van der Waals surface area contributed by atoms with Gasteiger partial charge in [-0.1, -0.05) is 0 Å². The Balaban J connectivity index is 0.000000433. The molecule has 0 saturated carbocycles. The van der Waals surface area contributed by atoms with Crippen molar-refractivity contribution in [3.05, 3.63) is 0 Å². The average Bonchev–Trinajstić information content (AvgIpc) is 3.40. The van der Waals surface area contributed by atoms with Crippen LogP contribution in [0, 0.1) is 10.8 Å². The van der Waals surface area contributed by atoms with Crippen LogP contribution in [0.2, 0.25) is 0 Å². The lowest BCUT2D eigenvalue weighted by molar-refractivity contribution is -0.0598. The predicted molar refractivity (Wildman–Crippen MR) is 75.0 cm³/mol. The molecule has 1 heterocycles. The largest absolute Gasteiger partial charge is 0.396 e. The van der Waals surface area contributed by atoms with Gasteiger partial charge in [0.15, 0.2) is 0 Å². The SMILES string of the molecule is OCC(CO)(CO)CO.OCC(CO)(CO)COCC1CO1. The van der Waals surface area contributed by atoms with Crippen molar-refractivity contribution in [2.75, 3.05) is 66.1 Å². The molecule has 9 heteroatoms. The highest BCUT2D eigenvalue weighted by atomic mass is 16.6. The van der Waals surface area contributed by atoms with E-state index in [1.165, 1.54) is 0 Å². The van der Waals surface area contributed by atoms with Crippen molar-refractivity contribution in [2.45, 2.75) is 6.10 Å². The molecule has 0 spiro atoms. The van der Waals surface area contributed by atoms with Crippen LogP contribution >= 0.6 is 0 Å². The Morgan fingerprint density at radius 3 is 1.32 bits per heavy atom. The first-order chi connectivity index (χ1) is 10.5. The fourth-order valence-electron chi connectivity index (χ4n) is 1.16. The van der Waals surface area contributed by atoms with Gasteiger partial charge in [0.25, 0.3) is 0 Å². The molecule has 1 fully saturated rings. The summed E-state index contributed by atoms with van der Waals surface area (Å²) in [4.78, 5) is 0. The van der Waals surface area contributed by atoms with Crippen LogP contribution in [0.5, 0.6) is 0 Å². The third-order valence-corrected chi connectivity index (χ3v) is 3.46. The third kappa shape index (κ3) is 7.27. The molecular weight excluding hydrogens is 300 g/mol. The minimum Gasteiger partial charge on any atom is -0.396 e. The van der Waals surface area contributed by atoms with Crippen LogP contribution in [0.3, 0.4) is 0 Å². The van der Waals surface area contributed by atoms with Crippen LogP contribution in [-0.2, 0) is 9.47 Å². The second-order valence-electron chi connectivity index (χ2n) is 5.58. The molecule has 0 aromatic rings. The van der Waals surface area contributed by atoms with E-state index in [9.17, 15) is 0 Å². The number of hydrogen-bond acceptors (Lipinski definition) is 9. The van der Waals surface area contributed by atoms with Crippen molar-refractivity contribution < 1.29 is 45.2 Å². The highest BCUT2D eigenvalue weighted by Crippen LogP contribution is 2.17. The molecule has 134 valence electrons. The lowest BCUT2D eigenvalue weighted by Crippen LogP contribution is -2.39. The highest BCUT2D eigenvalue weighted by molar-refractivity contribution is 4.77. The summed E-state index contributed by atoms with van der Waals surface area (Å²) < 4.78 is 10.1. The van der Waals surface area contributed by atoms with E-state index in [0.717, 1.165) is 0 Å². The third-order valence-electron chi connectivity index (χ3n) is 3.46. The van der Waals surface area contributed by atoms with E-state index in [-0.39, 0.29) is 32.5 Å². The fourth-order valence-corrected chi connectivity index (χ4v) is 1.16. The lowest BCUT2D eigenvalue weighted by atomic mass is 9.93. The monoisotopic (exact) mass is 328 g/mol. The minimum absolute atomic E-state index is 0.149. The molecule has 1 atom stereocenters. The molecule has 1 aliphatic heterocycles. The van der Waals surface area contributed by atoms with Crippen molar-refractivity contribution in [3.8, 4) is 0 Å². The molecule has 1 unspecified atom stereocenters. The van der Waals surface area contributed by atoms with Crippen molar-refractivity contribution in [2.24, 2.45) is 10.8 Å². The van der Waals surface area contributed by atoms with E-state index in [2.05, 4.69) is 0 Å². The summed E-state index contributed by atoms with van der Waals surface area (Å²) >= 11 is 0. The first-order valence-electron chi connectivity index (χ1n) is 6.96. The summed E-state index contributed by atoms with van der Waals surface area (Å²) in [5.74, 6) is 0. The van der Waals surface area contributed by atoms with E-state index in [4.69, 9.17) is 45.2 Å². The van der Waals surface area contributed by atoms with Gasteiger partial charge in [-0.15, -0.1) is 0 Å². The zero-order chi connectivity index (χ0) is 17.1. The summed E-state index contributed by atoms with van der Waals surface area (Å²) in [5, 5.41) is 60.8. The standard InChI is InChI=1S/C8H16O5.C5H12O4/c9-3-8(4-10,5-11)6-12-1-7-2-13-7;6-1-5(2-7,3-8)4-9/h7,9-11H,1-6H2;6-9H,1-4H2. The van der Waals surface area contributed by atoms with Gasteiger partial charge in [-0.3, -0.25) is 0 Å². The Morgan fingerprint density at radius 2 is 1.09 bits per heavy atom. The predicted octanol–water partition coefficient (Wildman–Crippen LogP) is -3.69. The Hall–Kier alpha value is -0.360. The Bertz CT molecular complexity index is 236. The van der Waals surface area contributed by atoms with E-state index >= 15 is 0 Å². The molecular formula is C13H28O9. The number of ether oxygens (including phenoxy) is 2. The van der Waals surface area contributed by atoms with E-state index in [0.29, 0.717) is 13.2 Å². The van der Waals surface area contributed by atoms with Crippen LogP contribution in [0.25, 0.3) is 0 Å². The maximum absolute atomic E-state index is 8.93. The van der Waals surface area contributed by atoms with E-state index in [1.807, 2.05) is 0 Å². The number of hydrogen-bond donors (Lipinski definition) is 7. The van der Waals surface area contributed by atoms with Gasteiger partial charge < -0.3 is 45.2 Å². The van der Waals surface area contributed by atoms with Crippen molar-refractivity contribution in [3.63, 3.8) is 0 Å². The van der Waals surface area contributed by atoms with Crippen LogP contribution in [0.1, 0.15) is 0 Å². The van der Waals surface area contributed by atoms with Crippen LogP contribution in [-0.4, -0.2) is 108 Å². The first kappa shape index (κ1) is 21.6. The molecule has 9 nitrogen and oxygen atoms in total. The maximum atomic E-state index is 8.93. The van der Waals surface area contributed by atoms with Crippen LogP contribution < -0.4 is 0 Å². The highest BCUT2D eigenvalue weighted by Gasteiger charge is 2.30.